The van der Waals surface area contributed by atoms with Gasteiger partial charge in [-0.15, -0.1) is 0 Å². The van der Waals surface area contributed by atoms with Crippen LogP contribution in [0.25, 0.3) is 0 Å². The highest BCUT2D eigenvalue weighted by molar-refractivity contribution is 6.32. The Balaban J connectivity index is 1.46. The number of hydrogen-bond acceptors (Lipinski definition) is 3. The number of amides is 2. The van der Waals surface area contributed by atoms with Crippen LogP contribution in [0.1, 0.15) is 52.4 Å². The van der Waals surface area contributed by atoms with Crippen molar-refractivity contribution in [2.75, 3.05) is 12.4 Å². The number of anilines is 1. The van der Waals surface area contributed by atoms with Crippen LogP contribution >= 0.6 is 11.6 Å². The number of hydrogen-bond donors (Lipinski definition) is 2. The number of rotatable bonds is 6. The summed E-state index contributed by atoms with van der Waals surface area (Å²) in [4.78, 5) is 26.4. The van der Waals surface area contributed by atoms with Gasteiger partial charge in [0.1, 0.15) is 11.8 Å². The van der Waals surface area contributed by atoms with Gasteiger partial charge in [0.25, 0.3) is 0 Å². The SMILES string of the molecule is COc1ccc(NC(=O)[C@H](NC(=O)C23CC4CC(CC(C4)C2)C3)C(C)C)cc1Cl. The monoisotopic (exact) mass is 418 g/mol. The summed E-state index contributed by atoms with van der Waals surface area (Å²) >= 11 is 6.17. The van der Waals surface area contributed by atoms with Crippen molar-refractivity contribution >= 4 is 29.1 Å². The highest BCUT2D eigenvalue weighted by atomic mass is 35.5. The maximum absolute atomic E-state index is 13.4. The Morgan fingerprint density at radius 3 is 2.17 bits per heavy atom. The first kappa shape index (κ1) is 20.5. The molecule has 0 heterocycles. The van der Waals surface area contributed by atoms with Crippen LogP contribution in [0.15, 0.2) is 18.2 Å². The van der Waals surface area contributed by atoms with Crippen LogP contribution in [0.3, 0.4) is 0 Å². The Hall–Kier alpha value is -1.75. The maximum atomic E-state index is 13.4. The number of carbonyl (C=O) groups is 2. The lowest BCUT2D eigenvalue weighted by Gasteiger charge is -2.55. The van der Waals surface area contributed by atoms with Gasteiger partial charge in [-0.1, -0.05) is 25.4 Å². The number of ether oxygens (including phenoxy) is 1. The zero-order valence-electron chi connectivity index (χ0n) is 17.5. The van der Waals surface area contributed by atoms with Crippen molar-refractivity contribution in [3.05, 3.63) is 23.2 Å². The van der Waals surface area contributed by atoms with E-state index in [1.54, 1.807) is 25.3 Å². The molecule has 5 rings (SSSR count). The van der Waals surface area contributed by atoms with Crippen molar-refractivity contribution in [1.29, 1.82) is 0 Å². The number of methoxy groups -OCH3 is 1. The van der Waals surface area contributed by atoms with E-state index in [2.05, 4.69) is 10.6 Å². The first-order valence-electron chi connectivity index (χ1n) is 10.7. The molecule has 1 aromatic rings. The number of carbonyl (C=O) groups excluding carboxylic acids is 2. The molecule has 1 atom stereocenters. The molecule has 0 aliphatic heterocycles. The molecule has 4 aliphatic carbocycles. The van der Waals surface area contributed by atoms with Crippen molar-refractivity contribution in [2.24, 2.45) is 29.1 Å². The van der Waals surface area contributed by atoms with E-state index in [9.17, 15) is 9.59 Å². The summed E-state index contributed by atoms with van der Waals surface area (Å²) in [6.07, 6.45) is 6.85. The minimum absolute atomic E-state index is 0.0124. The molecule has 0 spiro atoms. The molecule has 4 bridgehead atoms. The lowest BCUT2D eigenvalue weighted by atomic mass is 9.49. The molecule has 4 saturated carbocycles. The highest BCUT2D eigenvalue weighted by Gasteiger charge is 2.55. The van der Waals surface area contributed by atoms with Crippen LogP contribution in [-0.4, -0.2) is 25.0 Å². The molecule has 4 aliphatic rings. The molecule has 0 unspecified atom stereocenters. The van der Waals surface area contributed by atoms with Gasteiger partial charge in [0, 0.05) is 11.1 Å². The summed E-state index contributed by atoms with van der Waals surface area (Å²) in [6, 6.07) is 4.56. The molecule has 158 valence electrons. The second kappa shape index (κ2) is 7.82. The molecule has 4 fully saturated rings. The minimum atomic E-state index is -0.573. The van der Waals surface area contributed by atoms with E-state index in [-0.39, 0.29) is 23.1 Å². The lowest BCUT2D eigenvalue weighted by Crippen LogP contribution is -2.57. The molecule has 0 aromatic heterocycles. The molecule has 29 heavy (non-hydrogen) atoms. The molecule has 0 radical (unpaired) electrons. The van der Waals surface area contributed by atoms with Gasteiger partial charge in [-0.3, -0.25) is 9.59 Å². The molecule has 0 saturated heterocycles. The van der Waals surface area contributed by atoms with E-state index in [4.69, 9.17) is 16.3 Å². The normalized spacial score (nSPS) is 30.9. The van der Waals surface area contributed by atoms with Crippen LogP contribution in [-0.2, 0) is 9.59 Å². The van der Waals surface area contributed by atoms with Crippen molar-refractivity contribution in [3.63, 3.8) is 0 Å². The summed E-state index contributed by atoms with van der Waals surface area (Å²) in [5.41, 5.74) is 0.335. The molecule has 5 nitrogen and oxygen atoms in total. The third kappa shape index (κ3) is 3.98. The average Bonchev–Trinajstić information content (AvgIpc) is 2.64. The molecular formula is C23H31ClN2O3. The minimum Gasteiger partial charge on any atom is -0.495 e. The second-order valence-corrected chi connectivity index (χ2v) is 10.1. The molecule has 2 amide bonds. The smallest absolute Gasteiger partial charge is 0.247 e. The third-order valence-electron chi connectivity index (χ3n) is 7.17. The Morgan fingerprint density at radius 2 is 1.69 bits per heavy atom. The highest BCUT2D eigenvalue weighted by Crippen LogP contribution is 2.60. The van der Waals surface area contributed by atoms with Crippen LogP contribution in [0.5, 0.6) is 5.75 Å². The van der Waals surface area contributed by atoms with Crippen molar-refractivity contribution in [1.82, 2.24) is 5.32 Å². The predicted octanol–water partition coefficient (Wildman–Crippen LogP) is 4.64. The standard InChI is InChI=1S/C23H31ClN2O3/c1-13(2)20(21(27)25-17-4-5-19(29-3)18(24)9-17)26-22(28)23-10-14-6-15(11-23)8-16(7-14)12-23/h4-5,9,13-16,20H,6-8,10-12H2,1-3H3,(H,25,27)(H,26,28)/t14?,15?,16?,20-,23?/m1/s1. The summed E-state index contributed by atoms with van der Waals surface area (Å²) in [5.74, 6) is 2.50. The molecule has 1 aromatic carbocycles. The molecular weight excluding hydrogens is 388 g/mol. The first-order chi connectivity index (χ1) is 13.8. The van der Waals surface area contributed by atoms with Gasteiger partial charge in [-0.05, 0) is 80.4 Å². The van der Waals surface area contributed by atoms with Crippen LogP contribution in [0.4, 0.5) is 5.69 Å². The summed E-state index contributed by atoms with van der Waals surface area (Å²) in [5, 5.41) is 6.46. The van der Waals surface area contributed by atoms with E-state index in [0.717, 1.165) is 19.3 Å². The van der Waals surface area contributed by atoms with E-state index < -0.39 is 6.04 Å². The van der Waals surface area contributed by atoms with Gasteiger partial charge in [0.05, 0.1) is 12.1 Å². The Labute approximate surface area is 177 Å². The zero-order valence-corrected chi connectivity index (χ0v) is 18.2. The maximum Gasteiger partial charge on any atom is 0.247 e. The second-order valence-electron chi connectivity index (χ2n) is 9.73. The van der Waals surface area contributed by atoms with Gasteiger partial charge in [-0.2, -0.15) is 0 Å². The van der Waals surface area contributed by atoms with Crippen molar-refractivity contribution in [2.45, 2.75) is 58.4 Å². The van der Waals surface area contributed by atoms with Gasteiger partial charge in [0.15, 0.2) is 0 Å². The number of halogens is 1. The van der Waals surface area contributed by atoms with Gasteiger partial charge in [-0.25, -0.2) is 0 Å². The quantitative estimate of drug-likeness (QED) is 0.706. The molecule has 6 heteroatoms. The Bertz CT molecular complexity index is 772. The Morgan fingerprint density at radius 1 is 1.10 bits per heavy atom. The largest absolute Gasteiger partial charge is 0.495 e. The predicted molar refractivity (Wildman–Crippen MR) is 114 cm³/mol. The van der Waals surface area contributed by atoms with Gasteiger partial charge < -0.3 is 15.4 Å². The zero-order chi connectivity index (χ0) is 20.8. The van der Waals surface area contributed by atoms with Crippen molar-refractivity contribution in [3.8, 4) is 5.75 Å². The van der Waals surface area contributed by atoms with Gasteiger partial charge in [0.2, 0.25) is 11.8 Å². The fourth-order valence-electron chi connectivity index (χ4n) is 6.18. The molecule has 2 N–H and O–H groups in total. The summed E-state index contributed by atoms with van der Waals surface area (Å²) < 4.78 is 5.16. The average molecular weight is 419 g/mol. The van der Waals surface area contributed by atoms with Crippen LogP contribution in [0.2, 0.25) is 5.02 Å². The lowest BCUT2D eigenvalue weighted by molar-refractivity contribution is -0.148. The van der Waals surface area contributed by atoms with E-state index in [1.165, 1.54) is 19.3 Å². The fourth-order valence-corrected chi connectivity index (χ4v) is 6.44. The summed E-state index contributed by atoms with van der Waals surface area (Å²) in [7, 11) is 1.55. The van der Waals surface area contributed by atoms with E-state index in [1.807, 2.05) is 13.8 Å². The van der Waals surface area contributed by atoms with Gasteiger partial charge >= 0.3 is 0 Å². The Kier molecular flexibility index (Phi) is 5.54. The van der Waals surface area contributed by atoms with E-state index >= 15 is 0 Å². The topological polar surface area (TPSA) is 67.4 Å². The van der Waals surface area contributed by atoms with Crippen molar-refractivity contribution < 1.29 is 14.3 Å². The van der Waals surface area contributed by atoms with Crippen LogP contribution < -0.4 is 15.4 Å². The first-order valence-corrected chi connectivity index (χ1v) is 11.1. The fraction of sp³-hybridized carbons (Fsp3) is 0.652. The van der Waals surface area contributed by atoms with E-state index in [0.29, 0.717) is 34.2 Å². The number of benzene rings is 1. The third-order valence-corrected chi connectivity index (χ3v) is 7.47. The van der Waals surface area contributed by atoms with Crippen LogP contribution in [0, 0.1) is 29.1 Å². The number of nitrogens with one attached hydrogen (secondary N) is 2. The summed E-state index contributed by atoms with van der Waals surface area (Å²) in [6.45, 7) is 3.93.